The first-order valence-corrected chi connectivity index (χ1v) is 13.2. The minimum Gasteiger partial charge on any atom is -0.481 e. The van der Waals surface area contributed by atoms with Gasteiger partial charge in [-0.15, -0.1) is 0 Å². The normalized spacial score (nSPS) is 20.9. The van der Waals surface area contributed by atoms with Crippen molar-refractivity contribution in [2.75, 3.05) is 29.4 Å². The van der Waals surface area contributed by atoms with Crippen LogP contribution < -0.4 is 15.1 Å². The predicted molar refractivity (Wildman–Crippen MR) is 137 cm³/mol. The lowest BCUT2D eigenvalue weighted by Crippen LogP contribution is -2.39. The van der Waals surface area contributed by atoms with E-state index in [0.717, 1.165) is 63.4 Å². The lowest BCUT2D eigenvalue weighted by Gasteiger charge is -2.35. The Morgan fingerprint density at radius 2 is 1.74 bits per heavy atom. The first-order valence-electron chi connectivity index (χ1n) is 13.2. The molecular formula is C28H36N4O3. The van der Waals surface area contributed by atoms with Crippen LogP contribution in [0.2, 0.25) is 0 Å². The van der Waals surface area contributed by atoms with Crippen LogP contribution in [-0.4, -0.2) is 47.6 Å². The van der Waals surface area contributed by atoms with Crippen LogP contribution in [0.4, 0.5) is 11.6 Å². The quantitative estimate of drug-likeness (QED) is 0.643. The van der Waals surface area contributed by atoms with Crippen molar-refractivity contribution < 1.29 is 14.7 Å². The number of amides is 1. The minimum absolute atomic E-state index is 0.0350. The summed E-state index contributed by atoms with van der Waals surface area (Å²) in [6.45, 7) is 3.10. The average Bonchev–Trinajstić information content (AvgIpc) is 2.88. The van der Waals surface area contributed by atoms with Crippen molar-refractivity contribution in [2.24, 2.45) is 5.92 Å². The van der Waals surface area contributed by atoms with Crippen LogP contribution in [0.15, 0.2) is 36.4 Å². The lowest BCUT2D eigenvalue weighted by molar-refractivity contribution is -0.138. The topological polar surface area (TPSA) is 85.8 Å². The maximum absolute atomic E-state index is 13.4. The number of nitrogens with zero attached hydrogens (tertiary/aromatic N) is 3. The van der Waals surface area contributed by atoms with Gasteiger partial charge in [0.2, 0.25) is 0 Å². The Morgan fingerprint density at radius 3 is 2.54 bits per heavy atom. The molecule has 7 nitrogen and oxygen atoms in total. The molecule has 1 aliphatic carbocycles. The summed E-state index contributed by atoms with van der Waals surface area (Å²) in [7, 11) is 0. The Bertz CT molecular complexity index is 1070. The van der Waals surface area contributed by atoms with Gasteiger partial charge in [0.05, 0.1) is 5.56 Å². The zero-order chi connectivity index (χ0) is 24.2. The third-order valence-electron chi connectivity index (χ3n) is 7.78. The van der Waals surface area contributed by atoms with E-state index < -0.39 is 5.97 Å². The molecule has 3 aliphatic rings. The van der Waals surface area contributed by atoms with Gasteiger partial charge in [0.1, 0.15) is 11.6 Å². The van der Waals surface area contributed by atoms with E-state index in [4.69, 9.17) is 4.98 Å². The summed E-state index contributed by atoms with van der Waals surface area (Å²) in [4.78, 5) is 34.2. The van der Waals surface area contributed by atoms with E-state index in [2.05, 4.69) is 39.4 Å². The van der Waals surface area contributed by atoms with Crippen LogP contribution in [0.3, 0.4) is 0 Å². The summed E-state index contributed by atoms with van der Waals surface area (Å²) < 4.78 is 0. The Labute approximate surface area is 207 Å². The number of carboxylic acid groups (broad SMARTS) is 1. The summed E-state index contributed by atoms with van der Waals surface area (Å²) in [6, 6.07) is 12.6. The van der Waals surface area contributed by atoms with E-state index in [1.54, 1.807) is 0 Å². The van der Waals surface area contributed by atoms with E-state index in [1.807, 2.05) is 12.1 Å². The Hall–Kier alpha value is -3.09. The summed E-state index contributed by atoms with van der Waals surface area (Å²) in [5, 5.41) is 12.5. The molecule has 3 heterocycles. The second-order valence-electron chi connectivity index (χ2n) is 10.3. The Kier molecular flexibility index (Phi) is 7.21. The van der Waals surface area contributed by atoms with E-state index in [0.29, 0.717) is 12.1 Å². The van der Waals surface area contributed by atoms with Gasteiger partial charge in [0, 0.05) is 38.6 Å². The Balaban J connectivity index is 1.42. The number of pyridine rings is 1. The second-order valence-corrected chi connectivity index (χ2v) is 10.3. The number of carbonyl (C=O) groups is 2. The van der Waals surface area contributed by atoms with Gasteiger partial charge in [0.15, 0.2) is 0 Å². The number of rotatable bonds is 6. The number of hydrogen-bond acceptors (Lipinski definition) is 5. The number of benzene rings is 1. The van der Waals surface area contributed by atoms with E-state index in [1.165, 1.54) is 30.4 Å². The van der Waals surface area contributed by atoms with Gasteiger partial charge in [-0.05, 0) is 61.3 Å². The smallest absolute Gasteiger partial charge is 0.303 e. The van der Waals surface area contributed by atoms with E-state index in [-0.39, 0.29) is 24.3 Å². The zero-order valence-electron chi connectivity index (χ0n) is 20.4. The molecule has 2 aliphatic heterocycles. The fraction of sp³-hybridized carbons (Fsp3) is 0.536. The van der Waals surface area contributed by atoms with Crippen LogP contribution in [0.5, 0.6) is 0 Å². The highest BCUT2D eigenvalue weighted by Crippen LogP contribution is 2.31. The van der Waals surface area contributed by atoms with Crippen molar-refractivity contribution in [1.82, 2.24) is 10.3 Å². The molecule has 1 saturated heterocycles. The maximum Gasteiger partial charge on any atom is 0.303 e. The standard InChI is InChI=1S/C28H36N4O3/c33-26(34)17-20-7-6-15-31(18-20)25-13-12-24(28(35)29-23-10-2-1-3-11-23)27(30-25)32-16-14-21-8-4-5-9-22(21)19-32/h4-5,8-9,12-13,20,23H,1-3,6-7,10-11,14-19H2,(H,29,35)(H,33,34)/t20-/m0/s1. The number of anilines is 2. The number of aliphatic carboxylic acids is 1. The third kappa shape index (κ3) is 5.60. The van der Waals surface area contributed by atoms with Crippen LogP contribution in [0.25, 0.3) is 0 Å². The van der Waals surface area contributed by atoms with Gasteiger partial charge >= 0.3 is 5.97 Å². The summed E-state index contributed by atoms with van der Waals surface area (Å²) >= 11 is 0. The largest absolute Gasteiger partial charge is 0.481 e. The molecule has 0 spiro atoms. The van der Waals surface area contributed by atoms with Crippen LogP contribution >= 0.6 is 0 Å². The number of fused-ring (bicyclic) bond motifs is 1. The number of nitrogens with one attached hydrogen (secondary N) is 1. The molecule has 1 saturated carbocycles. The summed E-state index contributed by atoms with van der Waals surface area (Å²) in [5.41, 5.74) is 3.28. The minimum atomic E-state index is -0.743. The molecule has 0 unspecified atom stereocenters. The predicted octanol–water partition coefficient (Wildman–Crippen LogP) is 4.40. The molecule has 35 heavy (non-hydrogen) atoms. The van der Waals surface area contributed by atoms with E-state index in [9.17, 15) is 14.7 Å². The highest BCUT2D eigenvalue weighted by molar-refractivity contribution is 5.99. The molecule has 0 bridgehead atoms. The van der Waals surface area contributed by atoms with Crippen molar-refractivity contribution in [3.63, 3.8) is 0 Å². The summed E-state index contributed by atoms with van der Waals surface area (Å²) in [5.74, 6) is 0.927. The highest BCUT2D eigenvalue weighted by atomic mass is 16.4. The highest BCUT2D eigenvalue weighted by Gasteiger charge is 2.28. The SMILES string of the molecule is O=C(O)C[C@@H]1CCCN(c2ccc(C(=O)NC3CCCCC3)c(N3CCc4ccccc4C3)n2)C1. The van der Waals surface area contributed by atoms with Crippen LogP contribution in [0.1, 0.15) is 72.9 Å². The molecule has 0 radical (unpaired) electrons. The molecule has 2 N–H and O–H groups in total. The van der Waals surface area contributed by atoms with Gasteiger partial charge in [-0.1, -0.05) is 43.5 Å². The monoisotopic (exact) mass is 476 g/mol. The van der Waals surface area contributed by atoms with Gasteiger partial charge < -0.3 is 20.2 Å². The van der Waals surface area contributed by atoms with Gasteiger partial charge in [-0.3, -0.25) is 9.59 Å². The first kappa shape index (κ1) is 23.6. The Morgan fingerprint density at radius 1 is 0.943 bits per heavy atom. The molecule has 2 aromatic rings. The summed E-state index contributed by atoms with van der Waals surface area (Å²) in [6.07, 6.45) is 8.68. The molecule has 1 aromatic heterocycles. The fourth-order valence-corrected chi connectivity index (χ4v) is 5.91. The van der Waals surface area contributed by atoms with Crippen molar-refractivity contribution in [1.29, 1.82) is 0 Å². The third-order valence-corrected chi connectivity index (χ3v) is 7.78. The molecule has 5 rings (SSSR count). The molecule has 2 fully saturated rings. The fourth-order valence-electron chi connectivity index (χ4n) is 5.91. The molecule has 1 aromatic carbocycles. The number of piperidine rings is 1. The zero-order valence-corrected chi connectivity index (χ0v) is 20.4. The van der Waals surface area contributed by atoms with Gasteiger partial charge in [-0.25, -0.2) is 4.98 Å². The maximum atomic E-state index is 13.4. The molecule has 1 amide bonds. The van der Waals surface area contributed by atoms with Crippen molar-refractivity contribution in [2.45, 2.75) is 70.4 Å². The average molecular weight is 477 g/mol. The number of carbonyl (C=O) groups excluding carboxylic acids is 1. The van der Waals surface area contributed by atoms with Gasteiger partial charge in [-0.2, -0.15) is 0 Å². The number of aromatic nitrogens is 1. The van der Waals surface area contributed by atoms with Crippen molar-refractivity contribution in [3.05, 3.63) is 53.1 Å². The van der Waals surface area contributed by atoms with Crippen molar-refractivity contribution >= 4 is 23.5 Å². The van der Waals surface area contributed by atoms with E-state index >= 15 is 0 Å². The van der Waals surface area contributed by atoms with Crippen LogP contribution in [-0.2, 0) is 17.8 Å². The number of carboxylic acids is 1. The first-order chi connectivity index (χ1) is 17.1. The van der Waals surface area contributed by atoms with Gasteiger partial charge in [0.25, 0.3) is 5.91 Å². The molecular weight excluding hydrogens is 440 g/mol. The molecule has 1 atom stereocenters. The van der Waals surface area contributed by atoms with Crippen LogP contribution in [0, 0.1) is 5.92 Å². The molecule has 186 valence electrons. The second kappa shape index (κ2) is 10.7. The van der Waals surface area contributed by atoms with Crippen molar-refractivity contribution in [3.8, 4) is 0 Å². The lowest BCUT2D eigenvalue weighted by atomic mass is 9.94. The molecule has 7 heteroatoms. The number of hydrogen-bond donors (Lipinski definition) is 2.